The van der Waals surface area contributed by atoms with Gasteiger partial charge in [-0.05, 0) is 54.6 Å². The molecule has 3 aromatic carbocycles. The Bertz CT molecular complexity index is 1300. The van der Waals surface area contributed by atoms with Crippen LogP contribution in [-0.2, 0) is 9.53 Å². The summed E-state index contributed by atoms with van der Waals surface area (Å²) >= 11 is 6.04. The van der Waals surface area contributed by atoms with E-state index in [1.807, 2.05) is 48.7 Å². The smallest absolute Gasteiger partial charge is 0.337 e. The number of hydrogen-bond acceptors (Lipinski definition) is 4. The summed E-state index contributed by atoms with van der Waals surface area (Å²) in [5.41, 5.74) is 4.26. The molecular weight excluding hydrogens is 438 g/mol. The summed E-state index contributed by atoms with van der Waals surface area (Å²) in [5, 5.41) is 8.14. The van der Waals surface area contributed by atoms with Gasteiger partial charge in [0.1, 0.15) is 0 Å². The van der Waals surface area contributed by atoms with Crippen LogP contribution >= 0.6 is 11.6 Å². The average molecular weight is 458 g/mol. The Kier molecular flexibility index (Phi) is 6.66. The molecule has 0 saturated heterocycles. The molecule has 6 nitrogen and oxygen atoms in total. The minimum Gasteiger partial charge on any atom is -0.465 e. The van der Waals surface area contributed by atoms with E-state index in [4.69, 9.17) is 16.7 Å². The molecule has 4 aromatic rings. The van der Waals surface area contributed by atoms with Crippen LogP contribution in [0.25, 0.3) is 23.0 Å². The second-order valence-electron chi connectivity index (χ2n) is 7.11. The summed E-state index contributed by atoms with van der Waals surface area (Å²) < 4.78 is 6.45. The van der Waals surface area contributed by atoms with Crippen LogP contribution in [0, 0.1) is 0 Å². The van der Waals surface area contributed by atoms with Gasteiger partial charge in [0.05, 0.1) is 24.1 Å². The summed E-state index contributed by atoms with van der Waals surface area (Å²) in [6.45, 7) is 0. The number of para-hydroxylation sites is 1. The van der Waals surface area contributed by atoms with Gasteiger partial charge in [-0.15, -0.1) is 0 Å². The van der Waals surface area contributed by atoms with E-state index in [-0.39, 0.29) is 5.91 Å². The lowest BCUT2D eigenvalue weighted by Gasteiger charge is -2.03. The maximum atomic E-state index is 12.5. The highest BCUT2D eigenvalue weighted by Gasteiger charge is 2.11. The highest BCUT2D eigenvalue weighted by Crippen LogP contribution is 2.26. The lowest BCUT2D eigenvalue weighted by atomic mass is 10.1. The number of methoxy groups -OCH3 is 1. The van der Waals surface area contributed by atoms with Gasteiger partial charge in [0.2, 0.25) is 5.91 Å². The third-order valence-electron chi connectivity index (χ3n) is 4.87. The standard InChI is InChI=1S/C26H20ClN3O3/c1-33-26(32)19-9-14-22(15-10-19)28-24(31)16-11-20-17-30(23-5-3-2-4-6-23)29-25(20)18-7-12-21(27)13-8-18/h2-17H,1H3,(H,28,31). The van der Waals surface area contributed by atoms with E-state index in [1.165, 1.54) is 13.2 Å². The first kappa shape index (κ1) is 22.0. The van der Waals surface area contributed by atoms with E-state index in [0.29, 0.717) is 16.3 Å². The van der Waals surface area contributed by atoms with Crippen molar-refractivity contribution in [2.24, 2.45) is 0 Å². The Hall–Kier alpha value is -4.16. The molecule has 0 unspecified atom stereocenters. The van der Waals surface area contributed by atoms with Crippen LogP contribution in [-0.4, -0.2) is 28.8 Å². The minimum absolute atomic E-state index is 0.310. The van der Waals surface area contributed by atoms with E-state index in [1.54, 1.807) is 47.2 Å². The van der Waals surface area contributed by atoms with Gasteiger partial charge < -0.3 is 10.1 Å². The molecule has 4 rings (SSSR count). The van der Waals surface area contributed by atoms with Crippen LogP contribution in [0.3, 0.4) is 0 Å². The quantitative estimate of drug-likeness (QED) is 0.301. The maximum absolute atomic E-state index is 12.5. The van der Waals surface area contributed by atoms with Gasteiger partial charge in [0.15, 0.2) is 0 Å². The summed E-state index contributed by atoms with van der Waals surface area (Å²) in [6, 6.07) is 23.6. The number of benzene rings is 3. The Labute approximate surface area is 196 Å². The minimum atomic E-state index is -0.432. The average Bonchev–Trinajstić information content (AvgIpc) is 3.28. The van der Waals surface area contributed by atoms with Gasteiger partial charge in [-0.3, -0.25) is 4.79 Å². The molecule has 0 atom stereocenters. The molecule has 0 spiro atoms. The predicted octanol–water partition coefficient (Wildman–Crippen LogP) is 5.63. The van der Waals surface area contributed by atoms with Gasteiger partial charge >= 0.3 is 5.97 Å². The Morgan fingerprint density at radius 3 is 2.33 bits per heavy atom. The zero-order chi connectivity index (χ0) is 23.2. The molecule has 7 heteroatoms. The number of carbonyl (C=O) groups is 2. The number of hydrogen-bond donors (Lipinski definition) is 1. The van der Waals surface area contributed by atoms with Crippen molar-refractivity contribution in [1.29, 1.82) is 0 Å². The van der Waals surface area contributed by atoms with E-state index in [0.717, 1.165) is 22.5 Å². The third-order valence-corrected chi connectivity index (χ3v) is 5.12. The van der Waals surface area contributed by atoms with Crippen LogP contribution in [0.5, 0.6) is 0 Å². The molecule has 1 heterocycles. The molecule has 164 valence electrons. The molecule has 0 aliphatic carbocycles. The van der Waals surface area contributed by atoms with E-state index < -0.39 is 5.97 Å². The Morgan fingerprint density at radius 2 is 1.67 bits per heavy atom. The molecule has 1 amide bonds. The summed E-state index contributed by atoms with van der Waals surface area (Å²) in [6.07, 6.45) is 5.03. The number of carbonyl (C=O) groups excluding carboxylic acids is 2. The fourth-order valence-corrected chi connectivity index (χ4v) is 3.34. The van der Waals surface area contributed by atoms with Crippen molar-refractivity contribution in [2.45, 2.75) is 0 Å². The monoisotopic (exact) mass is 457 g/mol. The number of nitrogens with zero attached hydrogens (tertiary/aromatic N) is 2. The van der Waals surface area contributed by atoms with Crippen molar-refractivity contribution in [3.8, 4) is 16.9 Å². The van der Waals surface area contributed by atoms with Gasteiger partial charge in [0, 0.05) is 34.1 Å². The molecule has 0 aliphatic rings. The van der Waals surface area contributed by atoms with Crippen molar-refractivity contribution in [1.82, 2.24) is 9.78 Å². The number of rotatable bonds is 6. The summed E-state index contributed by atoms with van der Waals surface area (Å²) in [5.74, 6) is -0.742. The SMILES string of the molecule is COC(=O)c1ccc(NC(=O)C=Cc2cn(-c3ccccc3)nc2-c2ccc(Cl)cc2)cc1. The first-order chi connectivity index (χ1) is 16.0. The van der Waals surface area contributed by atoms with Crippen LogP contribution in [0.2, 0.25) is 5.02 Å². The zero-order valence-electron chi connectivity index (χ0n) is 17.7. The molecule has 1 aromatic heterocycles. The lowest BCUT2D eigenvalue weighted by molar-refractivity contribution is -0.111. The number of ether oxygens (including phenoxy) is 1. The van der Waals surface area contributed by atoms with Gasteiger partial charge in [-0.1, -0.05) is 41.9 Å². The lowest BCUT2D eigenvalue weighted by Crippen LogP contribution is -2.08. The molecule has 1 N–H and O–H groups in total. The van der Waals surface area contributed by atoms with Crippen molar-refractivity contribution < 1.29 is 14.3 Å². The largest absolute Gasteiger partial charge is 0.465 e. The van der Waals surface area contributed by atoms with Crippen molar-refractivity contribution in [2.75, 3.05) is 12.4 Å². The highest BCUT2D eigenvalue weighted by molar-refractivity contribution is 6.30. The van der Waals surface area contributed by atoms with Gasteiger partial charge in [0.25, 0.3) is 0 Å². The number of anilines is 1. The van der Waals surface area contributed by atoms with Crippen LogP contribution < -0.4 is 5.32 Å². The Balaban J connectivity index is 1.58. The van der Waals surface area contributed by atoms with Crippen molar-refractivity contribution in [3.05, 3.63) is 107 Å². The van der Waals surface area contributed by atoms with Crippen LogP contribution in [0.15, 0.2) is 91.1 Å². The predicted molar refractivity (Wildman–Crippen MR) is 129 cm³/mol. The Morgan fingerprint density at radius 1 is 0.970 bits per heavy atom. The molecule has 0 saturated carbocycles. The maximum Gasteiger partial charge on any atom is 0.337 e. The number of amides is 1. The molecule has 0 fully saturated rings. The highest BCUT2D eigenvalue weighted by atomic mass is 35.5. The molecule has 0 bridgehead atoms. The van der Waals surface area contributed by atoms with Gasteiger partial charge in [-0.2, -0.15) is 5.10 Å². The van der Waals surface area contributed by atoms with E-state index >= 15 is 0 Å². The first-order valence-electron chi connectivity index (χ1n) is 10.1. The first-order valence-corrected chi connectivity index (χ1v) is 10.5. The van der Waals surface area contributed by atoms with Gasteiger partial charge in [-0.25, -0.2) is 9.48 Å². The zero-order valence-corrected chi connectivity index (χ0v) is 18.5. The van der Waals surface area contributed by atoms with Crippen LogP contribution in [0.1, 0.15) is 15.9 Å². The summed E-state index contributed by atoms with van der Waals surface area (Å²) in [4.78, 5) is 24.0. The van der Waals surface area contributed by atoms with Crippen molar-refractivity contribution in [3.63, 3.8) is 0 Å². The molecule has 0 radical (unpaired) electrons. The third kappa shape index (κ3) is 5.37. The normalized spacial score (nSPS) is 10.8. The van der Waals surface area contributed by atoms with E-state index in [9.17, 15) is 9.59 Å². The fraction of sp³-hybridized carbons (Fsp3) is 0.0385. The number of halogens is 1. The second kappa shape index (κ2) is 9.97. The molecular formula is C26H20ClN3O3. The number of esters is 1. The van der Waals surface area contributed by atoms with E-state index in [2.05, 4.69) is 10.1 Å². The topological polar surface area (TPSA) is 73.2 Å². The number of nitrogens with one attached hydrogen (secondary N) is 1. The molecule has 0 aliphatic heterocycles. The van der Waals surface area contributed by atoms with Crippen LogP contribution in [0.4, 0.5) is 5.69 Å². The summed E-state index contributed by atoms with van der Waals surface area (Å²) in [7, 11) is 1.32. The van der Waals surface area contributed by atoms with Crippen molar-refractivity contribution >= 4 is 35.2 Å². The fourth-order valence-electron chi connectivity index (χ4n) is 3.21. The molecule has 33 heavy (non-hydrogen) atoms. The second-order valence-corrected chi connectivity index (χ2v) is 7.55. The number of aromatic nitrogens is 2.